The van der Waals surface area contributed by atoms with Crippen molar-refractivity contribution >= 4 is 35.2 Å². The second-order valence-corrected chi connectivity index (χ2v) is 4.84. The fourth-order valence-corrected chi connectivity index (χ4v) is 1.77. The molecule has 0 aliphatic rings. The molecule has 1 N–H and O–H groups in total. The van der Waals surface area contributed by atoms with Crippen molar-refractivity contribution in [2.24, 2.45) is 0 Å². The number of rotatable bonds is 5. The zero-order chi connectivity index (χ0) is 15.8. The highest BCUT2D eigenvalue weighted by atomic mass is 35.5. The van der Waals surface area contributed by atoms with Crippen molar-refractivity contribution in [3.8, 4) is 0 Å². The van der Waals surface area contributed by atoms with Gasteiger partial charge in [-0.1, -0.05) is 41.9 Å². The van der Waals surface area contributed by atoms with Gasteiger partial charge >= 0.3 is 5.97 Å². The van der Waals surface area contributed by atoms with Gasteiger partial charge in [0, 0.05) is 16.8 Å². The molecule has 0 atom stereocenters. The van der Waals surface area contributed by atoms with E-state index in [0.29, 0.717) is 10.7 Å². The first kappa shape index (κ1) is 15.8. The van der Waals surface area contributed by atoms with Gasteiger partial charge in [-0.15, -0.1) is 0 Å². The summed E-state index contributed by atoms with van der Waals surface area (Å²) in [7, 11) is 0. The van der Waals surface area contributed by atoms with Crippen LogP contribution < -0.4 is 5.32 Å². The number of hydrogen-bond acceptors (Lipinski definition) is 3. The lowest BCUT2D eigenvalue weighted by atomic mass is 10.2. The Morgan fingerprint density at radius 2 is 1.73 bits per heavy atom. The topological polar surface area (TPSA) is 55.4 Å². The first-order valence-electron chi connectivity index (χ1n) is 6.59. The van der Waals surface area contributed by atoms with Gasteiger partial charge in [-0.25, -0.2) is 4.79 Å². The van der Waals surface area contributed by atoms with Crippen LogP contribution in [0.2, 0.25) is 5.02 Å². The minimum Gasteiger partial charge on any atom is -0.452 e. The van der Waals surface area contributed by atoms with Crippen molar-refractivity contribution in [2.75, 3.05) is 11.9 Å². The first-order valence-corrected chi connectivity index (χ1v) is 6.96. The summed E-state index contributed by atoms with van der Waals surface area (Å²) in [6.45, 7) is -0.335. The molecule has 5 heteroatoms. The second kappa shape index (κ2) is 8.00. The molecule has 112 valence electrons. The molecule has 0 heterocycles. The minimum absolute atomic E-state index is 0.335. The number of benzene rings is 2. The molecule has 4 nitrogen and oxygen atoms in total. The second-order valence-electron chi connectivity index (χ2n) is 4.41. The Hall–Kier alpha value is -2.59. The van der Waals surface area contributed by atoms with Crippen molar-refractivity contribution in [1.29, 1.82) is 0 Å². The van der Waals surface area contributed by atoms with E-state index in [4.69, 9.17) is 16.3 Å². The largest absolute Gasteiger partial charge is 0.452 e. The Bertz CT molecular complexity index is 666. The van der Waals surface area contributed by atoms with Gasteiger partial charge in [0.1, 0.15) is 0 Å². The van der Waals surface area contributed by atoms with Crippen molar-refractivity contribution in [1.82, 2.24) is 0 Å². The van der Waals surface area contributed by atoms with Crippen LogP contribution in [0.3, 0.4) is 0 Å². The van der Waals surface area contributed by atoms with E-state index < -0.39 is 5.97 Å². The number of anilines is 1. The number of amides is 1. The summed E-state index contributed by atoms with van der Waals surface area (Å²) in [4.78, 5) is 23.1. The molecule has 0 bridgehead atoms. The lowest BCUT2D eigenvalue weighted by Crippen LogP contribution is -2.20. The molecule has 0 fully saturated rings. The standard InChI is InChI=1S/C17H14ClNO3/c18-14-9-6-13(7-10-14)8-11-17(21)22-12-16(20)19-15-4-2-1-3-5-15/h1-11H,12H2,(H,19,20). The number of carbonyl (C=O) groups excluding carboxylic acids is 2. The smallest absolute Gasteiger partial charge is 0.331 e. The van der Waals surface area contributed by atoms with Gasteiger partial charge in [-0.2, -0.15) is 0 Å². The van der Waals surface area contributed by atoms with Gasteiger partial charge in [0.2, 0.25) is 0 Å². The summed E-state index contributed by atoms with van der Waals surface area (Å²) in [6, 6.07) is 15.9. The van der Waals surface area contributed by atoms with E-state index in [9.17, 15) is 9.59 Å². The molecular weight excluding hydrogens is 302 g/mol. The third kappa shape index (κ3) is 5.42. The molecule has 0 aliphatic carbocycles. The molecule has 2 aromatic carbocycles. The van der Waals surface area contributed by atoms with Gasteiger partial charge in [0.25, 0.3) is 5.91 Å². The fourth-order valence-electron chi connectivity index (χ4n) is 1.64. The van der Waals surface area contributed by atoms with Gasteiger partial charge in [-0.3, -0.25) is 4.79 Å². The number of nitrogens with one attached hydrogen (secondary N) is 1. The van der Waals surface area contributed by atoms with Crippen LogP contribution in [0.25, 0.3) is 6.08 Å². The first-order chi connectivity index (χ1) is 10.6. The molecule has 2 rings (SSSR count). The summed E-state index contributed by atoms with van der Waals surface area (Å²) < 4.78 is 4.86. The molecule has 0 aliphatic heterocycles. The van der Waals surface area contributed by atoms with E-state index in [1.807, 2.05) is 6.07 Å². The Labute approximate surface area is 133 Å². The zero-order valence-electron chi connectivity index (χ0n) is 11.7. The molecule has 0 aromatic heterocycles. The molecule has 0 saturated heterocycles. The average molecular weight is 316 g/mol. The fraction of sp³-hybridized carbons (Fsp3) is 0.0588. The lowest BCUT2D eigenvalue weighted by Gasteiger charge is -2.04. The maximum Gasteiger partial charge on any atom is 0.331 e. The van der Waals surface area contributed by atoms with Crippen LogP contribution in [0.5, 0.6) is 0 Å². The highest BCUT2D eigenvalue weighted by molar-refractivity contribution is 6.30. The van der Waals surface area contributed by atoms with Crippen molar-refractivity contribution < 1.29 is 14.3 Å². The number of hydrogen-bond donors (Lipinski definition) is 1. The average Bonchev–Trinajstić information content (AvgIpc) is 2.53. The molecule has 22 heavy (non-hydrogen) atoms. The molecule has 0 radical (unpaired) electrons. The molecule has 0 saturated carbocycles. The van der Waals surface area contributed by atoms with Gasteiger partial charge < -0.3 is 10.1 Å². The maximum absolute atomic E-state index is 11.6. The van der Waals surface area contributed by atoms with E-state index in [2.05, 4.69) is 5.32 Å². The van der Waals surface area contributed by atoms with Crippen LogP contribution in [-0.2, 0) is 14.3 Å². The van der Waals surface area contributed by atoms with Crippen molar-refractivity contribution in [3.05, 3.63) is 71.3 Å². The summed E-state index contributed by atoms with van der Waals surface area (Å²) in [5.74, 6) is -0.974. The lowest BCUT2D eigenvalue weighted by molar-refractivity contribution is -0.142. The number of halogens is 1. The SMILES string of the molecule is O=C(COC(=O)C=Cc1ccc(Cl)cc1)Nc1ccccc1. The number of carbonyl (C=O) groups is 2. The Morgan fingerprint density at radius 1 is 1.05 bits per heavy atom. The summed E-state index contributed by atoms with van der Waals surface area (Å²) >= 11 is 5.77. The van der Waals surface area contributed by atoms with Gasteiger partial charge in [0.05, 0.1) is 0 Å². The molecular formula is C17H14ClNO3. The Morgan fingerprint density at radius 3 is 2.41 bits per heavy atom. The quantitative estimate of drug-likeness (QED) is 0.678. The minimum atomic E-state index is -0.585. The third-order valence-corrected chi connectivity index (χ3v) is 2.94. The van der Waals surface area contributed by atoms with E-state index >= 15 is 0 Å². The van der Waals surface area contributed by atoms with Crippen molar-refractivity contribution in [3.63, 3.8) is 0 Å². The number of esters is 1. The number of ether oxygens (including phenoxy) is 1. The predicted octanol–water partition coefficient (Wildman–Crippen LogP) is 3.54. The monoisotopic (exact) mass is 315 g/mol. The van der Waals surface area contributed by atoms with E-state index in [1.54, 1.807) is 54.6 Å². The van der Waals surface area contributed by atoms with E-state index in [1.165, 1.54) is 6.08 Å². The molecule has 1 amide bonds. The molecule has 2 aromatic rings. The van der Waals surface area contributed by atoms with E-state index in [0.717, 1.165) is 5.56 Å². The van der Waals surface area contributed by atoms with Crippen LogP contribution in [0.4, 0.5) is 5.69 Å². The highest BCUT2D eigenvalue weighted by Crippen LogP contribution is 2.10. The number of para-hydroxylation sites is 1. The van der Waals surface area contributed by atoms with Gasteiger partial charge in [-0.05, 0) is 35.9 Å². The van der Waals surface area contributed by atoms with Crippen LogP contribution in [-0.4, -0.2) is 18.5 Å². The van der Waals surface area contributed by atoms with Crippen molar-refractivity contribution in [2.45, 2.75) is 0 Å². The van der Waals surface area contributed by atoms with Crippen LogP contribution in [0.1, 0.15) is 5.56 Å². The highest BCUT2D eigenvalue weighted by Gasteiger charge is 2.05. The molecule has 0 unspecified atom stereocenters. The van der Waals surface area contributed by atoms with Crippen LogP contribution in [0.15, 0.2) is 60.7 Å². The Balaban J connectivity index is 1.77. The summed E-state index contributed by atoms with van der Waals surface area (Å²) in [5, 5.41) is 3.24. The van der Waals surface area contributed by atoms with Gasteiger partial charge in [0.15, 0.2) is 6.61 Å². The Kier molecular flexibility index (Phi) is 5.74. The normalized spacial score (nSPS) is 10.4. The zero-order valence-corrected chi connectivity index (χ0v) is 12.4. The molecule has 0 spiro atoms. The summed E-state index contributed by atoms with van der Waals surface area (Å²) in [5.41, 5.74) is 1.47. The van der Waals surface area contributed by atoms with Crippen LogP contribution >= 0.6 is 11.6 Å². The summed E-state index contributed by atoms with van der Waals surface area (Å²) in [6.07, 6.45) is 2.85. The van der Waals surface area contributed by atoms with Crippen LogP contribution in [0, 0.1) is 0 Å². The van der Waals surface area contributed by atoms with E-state index in [-0.39, 0.29) is 12.5 Å². The predicted molar refractivity (Wildman–Crippen MR) is 86.5 cm³/mol. The third-order valence-electron chi connectivity index (χ3n) is 2.68. The maximum atomic E-state index is 11.6.